The third-order valence-electron chi connectivity index (χ3n) is 3.68. The lowest BCUT2D eigenvalue weighted by atomic mass is 9.98. The van der Waals surface area contributed by atoms with Crippen LogP contribution in [0.1, 0.15) is 18.9 Å². The molecule has 2 aromatic carbocycles. The van der Waals surface area contributed by atoms with Gasteiger partial charge < -0.3 is 14.2 Å². The lowest BCUT2D eigenvalue weighted by molar-refractivity contribution is -0.272. The number of rotatable bonds is 3. The highest BCUT2D eigenvalue weighted by Gasteiger charge is 2.46. The molecule has 3 rings (SSSR count). The van der Waals surface area contributed by atoms with Crippen molar-refractivity contribution in [1.29, 1.82) is 0 Å². The second-order valence-electron chi connectivity index (χ2n) is 4.86. The zero-order valence-corrected chi connectivity index (χ0v) is 12.5. The van der Waals surface area contributed by atoms with Crippen molar-refractivity contribution in [3.8, 4) is 5.75 Å². The van der Waals surface area contributed by atoms with Gasteiger partial charge in [0, 0.05) is 19.8 Å². The molecule has 0 saturated carbocycles. The van der Waals surface area contributed by atoms with Crippen LogP contribution in [0, 0.1) is 0 Å². The molecule has 0 unspecified atom stereocenters. The smallest absolute Gasteiger partial charge is 0.364 e. The first-order chi connectivity index (χ1) is 10.3. The molecule has 0 radical (unpaired) electrons. The predicted octanol–water partition coefficient (Wildman–Crippen LogP) is 4.13. The molecule has 108 valence electrons. The maximum absolute atomic E-state index is 5.95. The lowest BCUT2D eigenvalue weighted by Gasteiger charge is -2.24. The maximum Gasteiger partial charge on any atom is 0.364 e. The van der Waals surface area contributed by atoms with Crippen LogP contribution in [0.5, 0.6) is 5.75 Å². The molecule has 0 fully saturated rings. The summed E-state index contributed by atoms with van der Waals surface area (Å²) in [6, 6.07) is 12.2. The summed E-state index contributed by atoms with van der Waals surface area (Å²) in [7, 11) is 3.15. The number of methoxy groups -OCH3 is 2. The Labute approximate surface area is 124 Å². The highest BCUT2D eigenvalue weighted by molar-refractivity contribution is 5.99. The highest BCUT2D eigenvalue weighted by atomic mass is 16.9. The Morgan fingerprint density at radius 2 is 1.90 bits per heavy atom. The van der Waals surface area contributed by atoms with Gasteiger partial charge in [-0.05, 0) is 29.3 Å². The Hall–Kier alpha value is -2.06. The minimum atomic E-state index is -1.22. The first-order valence-electron chi connectivity index (χ1n) is 7.03. The van der Waals surface area contributed by atoms with Crippen molar-refractivity contribution in [2.75, 3.05) is 14.2 Å². The Bertz CT molecular complexity index is 735. The minimum absolute atomic E-state index is 0.754. The van der Waals surface area contributed by atoms with E-state index in [4.69, 9.17) is 14.2 Å². The lowest BCUT2D eigenvalue weighted by Crippen LogP contribution is -2.37. The molecule has 0 N–H and O–H groups in total. The van der Waals surface area contributed by atoms with Crippen LogP contribution in [0.4, 0.5) is 0 Å². The molecule has 0 amide bonds. The monoisotopic (exact) mass is 282 g/mol. The van der Waals surface area contributed by atoms with Crippen molar-refractivity contribution in [3.05, 3.63) is 53.8 Å². The molecule has 0 aliphatic carbocycles. The fourth-order valence-electron chi connectivity index (χ4n) is 2.68. The average molecular weight is 282 g/mol. The van der Waals surface area contributed by atoms with Gasteiger partial charge in [-0.15, -0.1) is 5.73 Å². The van der Waals surface area contributed by atoms with E-state index in [-0.39, 0.29) is 0 Å². The first kappa shape index (κ1) is 13.9. The van der Waals surface area contributed by atoms with Crippen LogP contribution in [0.25, 0.3) is 16.3 Å². The van der Waals surface area contributed by atoms with Crippen LogP contribution in [0.3, 0.4) is 0 Å². The summed E-state index contributed by atoms with van der Waals surface area (Å²) in [6.07, 6.45) is 2.84. The third-order valence-corrected chi connectivity index (χ3v) is 3.68. The topological polar surface area (TPSA) is 27.7 Å². The zero-order chi connectivity index (χ0) is 14.9. The second-order valence-corrected chi connectivity index (χ2v) is 4.86. The van der Waals surface area contributed by atoms with E-state index in [2.05, 4.69) is 24.8 Å². The van der Waals surface area contributed by atoms with Gasteiger partial charge in [0.15, 0.2) is 0 Å². The zero-order valence-electron chi connectivity index (χ0n) is 12.5. The molecule has 1 aliphatic heterocycles. The highest BCUT2D eigenvalue weighted by Crippen LogP contribution is 2.47. The van der Waals surface area contributed by atoms with Gasteiger partial charge in [-0.1, -0.05) is 37.3 Å². The molecule has 0 spiro atoms. The van der Waals surface area contributed by atoms with Crippen LogP contribution < -0.4 is 4.74 Å². The molecule has 0 bridgehead atoms. The molecule has 0 aromatic heterocycles. The van der Waals surface area contributed by atoms with Gasteiger partial charge in [-0.25, -0.2) is 0 Å². The fraction of sp³-hybridized carbons (Fsp3) is 0.278. The predicted molar refractivity (Wildman–Crippen MR) is 83.1 cm³/mol. The summed E-state index contributed by atoms with van der Waals surface area (Å²) in [6.45, 7) is 2.06. The van der Waals surface area contributed by atoms with E-state index in [1.807, 2.05) is 30.3 Å². The van der Waals surface area contributed by atoms with Crippen LogP contribution in [-0.2, 0) is 9.47 Å². The normalized spacial score (nSPS) is 15.5. The van der Waals surface area contributed by atoms with Crippen LogP contribution >= 0.6 is 0 Å². The molecule has 1 heterocycles. The van der Waals surface area contributed by atoms with Gasteiger partial charge in [-0.2, -0.15) is 0 Å². The van der Waals surface area contributed by atoms with E-state index in [0.717, 1.165) is 34.1 Å². The Morgan fingerprint density at radius 3 is 2.62 bits per heavy atom. The third kappa shape index (κ3) is 2.07. The van der Waals surface area contributed by atoms with Crippen LogP contribution in [0.2, 0.25) is 0 Å². The number of hydrogen-bond donors (Lipinski definition) is 0. The maximum atomic E-state index is 5.95. The van der Waals surface area contributed by atoms with Crippen molar-refractivity contribution >= 4 is 16.3 Å². The molecule has 2 aromatic rings. The van der Waals surface area contributed by atoms with E-state index < -0.39 is 5.97 Å². The van der Waals surface area contributed by atoms with Gasteiger partial charge in [0.25, 0.3) is 0 Å². The molecule has 1 aliphatic rings. The first-order valence-corrected chi connectivity index (χ1v) is 7.03. The quantitative estimate of drug-likeness (QED) is 0.626. The number of hydrogen-bond acceptors (Lipinski definition) is 3. The van der Waals surface area contributed by atoms with Crippen molar-refractivity contribution < 1.29 is 14.2 Å². The molecule has 3 heteroatoms. The van der Waals surface area contributed by atoms with Gasteiger partial charge in [0.2, 0.25) is 0 Å². The summed E-state index contributed by atoms with van der Waals surface area (Å²) in [5, 5.41) is 2.26. The van der Waals surface area contributed by atoms with Crippen molar-refractivity contribution in [1.82, 2.24) is 0 Å². The van der Waals surface area contributed by atoms with Crippen LogP contribution in [-0.4, -0.2) is 20.2 Å². The number of ether oxygens (including phenoxy) is 3. The molecule has 3 nitrogen and oxygen atoms in total. The summed E-state index contributed by atoms with van der Waals surface area (Å²) >= 11 is 0. The average Bonchev–Trinajstić information content (AvgIpc) is 2.87. The molecular formula is C18H18O3. The van der Waals surface area contributed by atoms with Crippen molar-refractivity contribution in [2.24, 2.45) is 0 Å². The van der Waals surface area contributed by atoms with Crippen molar-refractivity contribution in [3.63, 3.8) is 0 Å². The van der Waals surface area contributed by atoms with E-state index in [0.29, 0.717) is 0 Å². The second kappa shape index (κ2) is 5.38. The van der Waals surface area contributed by atoms with E-state index in [1.165, 1.54) is 0 Å². The van der Waals surface area contributed by atoms with Gasteiger partial charge in [0.1, 0.15) is 11.3 Å². The van der Waals surface area contributed by atoms with Gasteiger partial charge in [0.05, 0.1) is 0 Å². The molecule has 21 heavy (non-hydrogen) atoms. The summed E-state index contributed by atoms with van der Waals surface area (Å²) in [4.78, 5) is 0. The van der Waals surface area contributed by atoms with Crippen molar-refractivity contribution in [2.45, 2.75) is 19.3 Å². The Kier molecular flexibility index (Phi) is 3.56. The van der Waals surface area contributed by atoms with E-state index >= 15 is 0 Å². The number of fused-ring (bicyclic) bond motifs is 3. The molecule has 0 saturated heterocycles. The summed E-state index contributed by atoms with van der Waals surface area (Å²) in [5.41, 5.74) is 5.06. The minimum Gasteiger partial charge on any atom is -0.434 e. The number of benzene rings is 2. The van der Waals surface area contributed by atoms with Gasteiger partial charge >= 0.3 is 5.97 Å². The Morgan fingerprint density at radius 1 is 1.14 bits per heavy atom. The summed E-state index contributed by atoms with van der Waals surface area (Å²) in [5.74, 6) is -0.470. The van der Waals surface area contributed by atoms with E-state index in [1.54, 1.807) is 14.2 Å². The summed E-state index contributed by atoms with van der Waals surface area (Å²) < 4.78 is 17.0. The molecule has 0 atom stereocenters. The van der Waals surface area contributed by atoms with Gasteiger partial charge in [-0.3, -0.25) is 0 Å². The largest absolute Gasteiger partial charge is 0.434 e. The fourth-order valence-corrected chi connectivity index (χ4v) is 2.68. The Balaban J connectivity index is 2.35. The standard InChI is InChI=1S/C18H18O3/c1-4-5-10-15-17-14-9-7-6-8-13(14)11-12-16(17)21-18(15,19-2)20-3/h5-9,11-12H,4H2,1-3H3. The SMILES string of the molecule is CCC=C=C1c2c(ccc3ccccc23)OC1(OC)OC. The van der Waals surface area contributed by atoms with Crippen LogP contribution in [0.15, 0.2) is 48.2 Å². The van der Waals surface area contributed by atoms with E-state index in [9.17, 15) is 0 Å². The molecular weight excluding hydrogens is 264 g/mol.